The number of hydrogen-bond donors (Lipinski definition) is 1. The summed E-state index contributed by atoms with van der Waals surface area (Å²) in [5.41, 5.74) is 0.705. The van der Waals surface area contributed by atoms with Gasteiger partial charge in [-0.25, -0.2) is 4.98 Å². The molecule has 1 rings (SSSR count). The normalized spacial score (nSPS) is 10.8. The Morgan fingerprint density at radius 3 is 2.62 bits per heavy atom. The second-order valence-corrected chi connectivity index (χ2v) is 4.52. The Hall–Kier alpha value is -0.290. The quantitative estimate of drug-likeness (QED) is 0.658. The van der Waals surface area contributed by atoms with Gasteiger partial charge in [-0.15, -0.1) is 0 Å². The average molecular weight is 263 g/mol. The fourth-order valence-corrected chi connectivity index (χ4v) is 1.96. The molecule has 0 aliphatic carbocycles. The second kappa shape index (κ2) is 4.28. The topological polar surface area (TPSA) is 45.8 Å². The van der Waals surface area contributed by atoms with Gasteiger partial charge in [0.25, 0.3) is 5.56 Å². The third kappa shape index (κ3) is 2.34. The van der Waals surface area contributed by atoms with E-state index < -0.39 is 0 Å². The Bertz CT molecular complexity index is 362. The van der Waals surface area contributed by atoms with Crippen LogP contribution in [0, 0.1) is 0 Å². The van der Waals surface area contributed by atoms with Crippen LogP contribution in [0.1, 0.15) is 25.5 Å². The SMILES string of the molecule is CSc1nc(C(C)C)c(Br)c(=O)[nH]1. The van der Waals surface area contributed by atoms with E-state index in [4.69, 9.17) is 0 Å². The summed E-state index contributed by atoms with van der Waals surface area (Å²) in [6.45, 7) is 4.02. The molecule has 0 saturated heterocycles. The van der Waals surface area contributed by atoms with Crippen molar-refractivity contribution in [2.75, 3.05) is 6.26 Å². The van der Waals surface area contributed by atoms with Crippen molar-refractivity contribution in [3.63, 3.8) is 0 Å². The Morgan fingerprint density at radius 1 is 1.54 bits per heavy atom. The molecule has 5 heteroatoms. The second-order valence-electron chi connectivity index (χ2n) is 2.93. The van der Waals surface area contributed by atoms with Crippen LogP contribution in [0.3, 0.4) is 0 Å². The van der Waals surface area contributed by atoms with Crippen molar-refractivity contribution in [2.45, 2.75) is 24.9 Å². The molecular weight excluding hydrogens is 252 g/mol. The lowest BCUT2D eigenvalue weighted by atomic mass is 10.1. The Morgan fingerprint density at radius 2 is 2.15 bits per heavy atom. The molecule has 1 aromatic heterocycles. The number of H-pyrrole nitrogens is 1. The van der Waals surface area contributed by atoms with Crippen molar-refractivity contribution in [3.8, 4) is 0 Å². The van der Waals surface area contributed by atoms with Gasteiger partial charge in [0.2, 0.25) is 0 Å². The first-order valence-electron chi connectivity index (χ1n) is 3.90. The van der Waals surface area contributed by atoms with E-state index in [1.54, 1.807) is 0 Å². The van der Waals surface area contributed by atoms with Crippen molar-refractivity contribution in [2.24, 2.45) is 0 Å². The number of aromatic nitrogens is 2. The summed E-state index contributed by atoms with van der Waals surface area (Å²) in [4.78, 5) is 18.3. The number of aromatic amines is 1. The maximum atomic E-state index is 11.4. The van der Waals surface area contributed by atoms with Crippen molar-refractivity contribution >= 4 is 27.7 Å². The molecule has 1 heterocycles. The van der Waals surface area contributed by atoms with Crippen LogP contribution in [0.15, 0.2) is 14.4 Å². The molecule has 0 aliphatic rings. The highest BCUT2D eigenvalue weighted by Gasteiger charge is 2.11. The maximum absolute atomic E-state index is 11.4. The van der Waals surface area contributed by atoms with Gasteiger partial charge in [-0.2, -0.15) is 0 Å². The summed E-state index contributed by atoms with van der Waals surface area (Å²) in [6, 6.07) is 0. The number of rotatable bonds is 2. The Balaban J connectivity index is 3.33. The highest BCUT2D eigenvalue weighted by Crippen LogP contribution is 2.20. The molecule has 13 heavy (non-hydrogen) atoms. The molecule has 0 atom stereocenters. The summed E-state index contributed by atoms with van der Waals surface area (Å²) < 4.78 is 0.542. The van der Waals surface area contributed by atoms with E-state index >= 15 is 0 Å². The molecule has 0 fully saturated rings. The highest BCUT2D eigenvalue weighted by atomic mass is 79.9. The summed E-state index contributed by atoms with van der Waals surface area (Å²) in [7, 11) is 0. The van der Waals surface area contributed by atoms with Gasteiger partial charge in [0, 0.05) is 0 Å². The molecule has 0 amide bonds. The van der Waals surface area contributed by atoms with Gasteiger partial charge < -0.3 is 4.98 Å². The minimum absolute atomic E-state index is 0.108. The first kappa shape index (κ1) is 10.8. The zero-order chi connectivity index (χ0) is 10.0. The van der Waals surface area contributed by atoms with Gasteiger partial charge in [0.15, 0.2) is 5.16 Å². The predicted molar refractivity (Wildman–Crippen MR) is 58.4 cm³/mol. The number of halogens is 1. The number of hydrogen-bond acceptors (Lipinski definition) is 3. The van der Waals surface area contributed by atoms with E-state index in [-0.39, 0.29) is 11.5 Å². The van der Waals surface area contributed by atoms with Crippen LogP contribution in [0.2, 0.25) is 0 Å². The molecule has 0 spiro atoms. The van der Waals surface area contributed by atoms with Crippen molar-refractivity contribution in [1.82, 2.24) is 9.97 Å². The Labute approximate surface area is 89.5 Å². The number of thioether (sulfide) groups is 1. The van der Waals surface area contributed by atoms with Crippen molar-refractivity contribution in [1.29, 1.82) is 0 Å². The average Bonchev–Trinajstić information content (AvgIpc) is 2.09. The molecule has 0 aliphatic heterocycles. The molecule has 0 radical (unpaired) electrons. The van der Waals surface area contributed by atoms with Crippen molar-refractivity contribution < 1.29 is 0 Å². The fraction of sp³-hybridized carbons (Fsp3) is 0.500. The van der Waals surface area contributed by atoms with E-state index in [0.29, 0.717) is 9.63 Å². The van der Waals surface area contributed by atoms with Crippen LogP contribution in [0.25, 0.3) is 0 Å². The molecule has 3 nitrogen and oxygen atoms in total. The van der Waals surface area contributed by atoms with Crippen molar-refractivity contribution in [3.05, 3.63) is 20.5 Å². The van der Waals surface area contributed by atoms with Crippen LogP contribution in [0.5, 0.6) is 0 Å². The molecule has 0 unspecified atom stereocenters. The van der Waals surface area contributed by atoms with E-state index in [1.165, 1.54) is 11.8 Å². The van der Waals surface area contributed by atoms with Crippen LogP contribution in [-0.2, 0) is 0 Å². The third-order valence-electron chi connectivity index (χ3n) is 1.61. The summed E-state index contributed by atoms with van der Waals surface area (Å²) in [5, 5.41) is 0.664. The molecule has 1 N–H and O–H groups in total. The van der Waals surface area contributed by atoms with E-state index in [1.807, 2.05) is 20.1 Å². The van der Waals surface area contributed by atoms with Crippen LogP contribution < -0.4 is 5.56 Å². The zero-order valence-electron chi connectivity index (χ0n) is 7.72. The lowest BCUT2D eigenvalue weighted by molar-refractivity contribution is 0.761. The monoisotopic (exact) mass is 262 g/mol. The van der Waals surface area contributed by atoms with Crippen LogP contribution >= 0.6 is 27.7 Å². The first-order chi connectivity index (χ1) is 6.06. The fourth-order valence-electron chi connectivity index (χ4n) is 0.934. The van der Waals surface area contributed by atoms with E-state index in [2.05, 4.69) is 25.9 Å². The molecule has 1 aromatic rings. The third-order valence-corrected chi connectivity index (χ3v) is 2.95. The minimum atomic E-state index is -0.108. The summed E-state index contributed by atoms with van der Waals surface area (Å²) >= 11 is 4.66. The lowest BCUT2D eigenvalue weighted by Crippen LogP contribution is -2.13. The molecule has 72 valence electrons. The molecule has 0 aromatic carbocycles. The largest absolute Gasteiger partial charge is 0.300 e. The predicted octanol–water partition coefficient (Wildman–Crippen LogP) is 2.38. The van der Waals surface area contributed by atoms with Gasteiger partial charge in [-0.05, 0) is 28.1 Å². The smallest absolute Gasteiger partial charge is 0.266 e. The standard InChI is InChI=1S/C8H11BrN2OS/c1-4(2)6-5(9)7(12)11-8(10-6)13-3/h4H,1-3H3,(H,10,11,12). The van der Waals surface area contributed by atoms with E-state index in [9.17, 15) is 4.79 Å². The van der Waals surface area contributed by atoms with Crippen LogP contribution in [0.4, 0.5) is 0 Å². The number of nitrogens with one attached hydrogen (secondary N) is 1. The van der Waals surface area contributed by atoms with E-state index in [0.717, 1.165) is 5.69 Å². The molecule has 0 saturated carbocycles. The van der Waals surface area contributed by atoms with Gasteiger partial charge in [0.05, 0.1) is 5.69 Å². The number of nitrogens with zero attached hydrogens (tertiary/aromatic N) is 1. The molecule has 0 bridgehead atoms. The summed E-state index contributed by atoms with van der Waals surface area (Å²) in [6.07, 6.45) is 1.89. The van der Waals surface area contributed by atoms with Gasteiger partial charge >= 0.3 is 0 Å². The zero-order valence-corrected chi connectivity index (χ0v) is 10.1. The summed E-state index contributed by atoms with van der Waals surface area (Å²) in [5.74, 6) is 0.252. The molecular formula is C8H11BrN2OS. The highest BCUT2D eigenvalue weighted by molar-refractivity contribution is 9.10. The van der Waals surface area contributed by atoms with Crippen LogP contribution in [-0.4, -0.2) is 16.2 Å². The Kier molecular flexibility index (Phi) is 3.55. The van der Waals surface area contributed by atoms with Gasteiger partial charge in [-0.3, -0.25) is 4.79 Å². The lowest BCUT2D eigenvalue weighted by Gasteiger charge is -2.07. The maximum Gasteiger partial charge on any atom is 0.266 e. The first-order valence-corrected chi connectivity index (χ1v) is 5.91. The minimum Gasteiger partial charge on any atom is -0.300 e. The van der Waals surface area contributed by atoms with Gasteiger partial charge in [-0.1, -0.05) is 25.6 Å². The van der Waals surface area contributed by atoms with Gasteiger partial charge in [0.1, 0.15) is 4.47 Å².